The molecule has 3 unspecified atom stereocenters. The molecule has 0 radical (unpaired) electrons. The number of amides is 1. The first-order chi connectivity index (χ1) is 8.58. The number of carbonyl (C=O) groups excluding carboxylic acids is 1. The summed E-state index contributed by atoms with van der Waals surface area (Å²) in [4.78, 5) is 14.7. The van der Waals surface area contributed by atoms with Crippen LogP contribution in [0.3, 0.4) is 0 Å². The second kappa shape index (κ2) is 5.57. The van der Waals surface area contributed by atoms with Gasteiger partial charge >= 0.3 is 0 Å². The molecule has 0 aromatic heterocycles. The molecule has 0 spiro atoms. The monoisotopic (exact) mass is 254 g/mol. The second-order valence-electron chi connectivity index (χ2n) is 6.04. The van der Waals surface area contributed by atoms with E-state index in [-0.39, 0.29) is 11.9 Å². The highest BCUT2D eigenvalue weighted by molar-refractivity contribution is 5.83. The molecule has 2 saturated heterocycles. The van der Waals surface area contributed by atoms with Crippen LogP contribution < -0.4 is 5.73 Å². The van der Waals surface area contributed by atoms with Gasteiger partial charge in [-0.15, -0.1) is 0 Å². The lowest BCUT2D eigenvalue weighted by molar-refractivity contribution is -0.141. The highest BCUT2D eigenvalue weighted by Gasteiger charge is 2.46. The number of nitrogens with zero attached hydrogens (tertiary/aromatic N) is 1. The van der Waals surface area contributed by atoms with E-state index in [9.17, 15) is 4.79 Å². The molecule has 2 rings (SSSR count). The van der Waals surface area contributed by atoms with Gasteiger partial charge in [0.2, 0.25) is 5.91 Å². The minimum Gasteiger partial charge on any atom is -0.379 e. The predicted octanol–water partition coefficient (Wildman–Crippen LogP) is 1.39. The van der Waals surface area contributed by atoms with Crippen molar-refractivity contribution in [3.05, 3.63) is 0 Å². The molecule has 2 aliphatic heterocycles. The number of hydrogen-bond acceptors (Lipinski definition) is 3. The molecule has 2 heterocycles. The van der Waals surface area contributed by atoms with Gasteiger partial charge in [-0.1, -0.05) is 13.3 Å². The Hall–Kier alpha value is -0.610. The highest BCUT2D eigenvalue weighted by Crippen LogP contribution is 2.31. The number of ether oxygens (including phenoxy) is 1. The molecule has 2 N–H and O–H groups in total. The van der Waals surface area contributed by atoms with Gasteiger partial charge in [0, 0.05) is 19.1 Å². The van der Waals surface area contributed by atoms with Crippen molar-refractivity contribution in [1.29, 1.82) is 0 Å². The SMILES string of the molecule is CCC1CCCN(C(=O)C2(C)COCC2N)CC1. The molecule has 0 aromatic rings. The fraction of sp³-hybridized carbons (Fsp3) is 0.929. The van der Waals surface area contributed by atoms with Gasteiger partial charge in [0.1, 0.15) is 0 Å². The van der Waals surface area contributed by atoms with Crippen molar-refractivity contribution in [2.24, 2.45) is 17.1 Å². The van der Waals surface area contributed by atoms with Gasteiger partial charge in [-0.05, 0) is 32.1 Å². The van der Waals surface area contributed by atoms with E-state index in [0.717, 1.165) is 31.8 Å². The molecule has 2 aliphatic rings. The van der Waals surface area contributed by atoms with Gasteiger partial charge in [0.05, 0.1) is 18.6 Å². The van der Waals surface area contributed by atoms with Gasteiger partial charge in [0.15, 0.2) is 0 Å². The summed E-state index contributed by atoms with van der Waals surface area (Å²) < 4.78 is 5.39. The standard InChI is InChI=1S/C14H26N2O2/c1-3-11-5-4-7-16(8-6-11)13(17)14(2)10-18-9-12(14)15/h11-12H,3-10,15H2,1-2H3. The first kappa shape index (κ1) is 13.8. The van der Waals surface area contributed by atoms with Gasteiger partial charge in [-0.2, -0.15) is 0 Å². The van der Waals surface area contributed by atoms with Crippen molar-refractivity contribution in [3.63, 3.8) is 0 Å². The molecular weight excluding hydrogens is 228 g/mol. The predicted molar refractivity (Wildman–Crippen MR) is 71.1 cm³/mol. The lowest BCUT2D eigenvalue weighted by Crippen LogP contribution is -2.51. The molecular formula is C14H26N2O2. The van der Waals surface area contributed by atoms with Gasteiger partial charge in [-0.3, -0.25) is 4.79 Å². The average Bonchev–Trinajstić information content (AvgIpc) is 2.60. The van der Waals surface area contributed by atoms with Crippen molar-refractivity contribution in [2.75, 3.05) is 26.3 Å². The van der Waals surface area contributed by atoms with Gasteiger partial charge in [0.25, 0.3) is 0 Å². The number of likely N-dealkylation sites (tertiary alicyclic amines) is 1. The van der Waals surface area contributed by atoms with Crippen molar-refractivity contribution >= 4 is 5.91 Å². The quantitative estimate of drug-likeness (QED) is 0.810. The number of hydrogen-bond donors (Lipinski definition) is 1. The first-order valence-corrected chi connectivity index (χ1v) is 7.20. The van der Waals surface area contributed by atoms with E-state index in [1.807, 2.05) is 11.8 Å². The van der Waals surface area contributed by atoms with Crippen LogP contribution in [0.2, 0.25) is 0 Å². The molecule has 3 atom stereocenters. The maximum atomic E-state index is 12.6. The molecule has 4 nitrogen and oxygen atoms in total. The molecule has 2 fully saturated rings. The zero-order valence-electron chi connectivity index (χ0n) is 11.7. The van der Waals surface area contributed by atoms with E-state index in [1.54, 1.807) is 0 Å². The zero-order chi connectivity index (χ0) is 13.2. The summed E-state index contributed by atoms with van der Waals surface area (Å²) in [6.45, 7) is 6.95. The number of nitrogens with two attached hydrogens (primary N) is 1. The van der Waals surface area contributed by atoms with E-state index >= 15 is 0 Å². The lowest BCUT2D eigenvalue weighted by Gasteiger charge is -2.32. The summed E-state index contributed by atoms with van der Waals surface area (Å²) in [5.41, 5.74) is 5.53. The number of carbonyl (C=O) groups is 1. The largest absolute Gasteiger partial charge is 0.379 e. The molecule has 1 amide bonds. The normalized spacial score (nSPS) is 37.6. The Morgan fingerprint density at radius 2 is 2.22 bits per heavy atom. The van der Waals surface area contributed by atoms with Crippen LogP contribution in [-0.2, 0) is 9.53 Å². The molecule has 0 aliphatic carbocycles. The Kier molecular flexibility index (Phi) is 4.28. The second-order valence-corrected chi connectivity index (χ2v) is 6.04. The summed E-state index contributed by atoms with van der Waals surface area (Å²) in [6, 6.07) is -0.157. The zero-order valence-corrected chi connectivity index (χ0v) is 11.7. The van der Waals surface area contributed by atoms with Crippen molar-refractivity contribution in [2.45, 2.75) is 45.6 Å². The van der Waals surface area contributed by atoms with E-state index in [1.165, 1.54) is 12.8 Å². The topological polar surface area (TPSA) is 55.6 Å². The summed E-state index contributed by atoms with van der Waals surface area (Å²) in [5.74, 6) is 0.980. The Balaban J connectivity index is 2.00. The maximum absolute atomic E-state index is 12.6. The van der Waals surface area contributed by atoms with Crippen LogP contribution in [-0.4, -0.2) is 43.2 Å². The molecule has 0 aromatic carbocycles. The smallest absolute Gasteiger partial charge is 0.232 e. The molecule has 4 heteroatoms. The lowest BCUT2D eigenvalue weighted by atomic mass is 9.84. The average molecular weight is 254 g/mol. The van der Waals surface area contributed by atoms with E-state index in [4.69, 9.17) is 10.5 Å². The fourth-order valence-electron chi connectivity index (χ4n) is 3.05. The minimum atomic E-state index is -0.508. The Bertz CT molecular complexity index is 308. The Morgan fingerprint density at radius 3 is 2.83 bits per heavy atom. The number of rotatable bonds is 2. The fourth-order valence-corrected chi connectivity index (χ4v) is 3.05. The van der Waals surface area contributed by atoms with Gasteiger partial charge < -0.3 is 15.4 Å². The van der Waals surface area contributed by atoms with E-state index in [0.29, 0.717) is 13.2 Å². The van der Waals surface area contributed by atoms with Crippen LogP contribution in [0.25, 0.3) is 0 Å². The van der Waals surface area contributed by atoms with Crippen LogP contribution in [0.1, 0.15) is 39.5 Å². The van der Waals surface area contributed by atoms with Crippen LogP contribution in [0.4, 0.5) is 0 Å². The van der Waals surface area contributed by atoms with Crippen LogP contribution in [0.5, 0.6) is 0 Å². The van der Waals surface area contributed by atoms with E-state index < -0.39 is 5.41 Å². The third-order valence-electron chi connectivity index (χ3n) is 4.72. The third-order valence-corrected chi connectivity index (χ3v) is 4.72. The molecule has 0 saturated carbocycles. The van der Waals surface area contributed by atoms with Crippen molar-refractivity contribution in [1.82, 2.24) is 4.90 Å². The molecule has 0 bridgehead atoms. The summed E-state index contributed by atoms with van der Waals surface area (Å²) in [5, 5.41) is 0. The van der Waals surface area contributed by atoms with Gasteiger partial charge in [-0.25, -0.2) is 0 Å². The summed E-state index contributed by atoms with van der Waals surface area (Å²) in [6.07, 6.45) is 4.73. The van der Waals surface area contributed by atoms with Crippen LogP contribution >= 0.6 is 0 Å². The molecule has 18 heavy (non-hydrogen) atoms. The summed E-state index contributed by atoms with van der Waals surface area (Å²) in [7, 11) is 0. The van der Waals surface area contributed by atoms with Crippen LogP contribution in [0.15, 0.2) is 0 Å². The van der Waals surface area contributed by atoms with Crippen molar-refractivity contribution < 1.29 is 9.53 Å². The first-order valence-electron chi connectivity index (χ1n) is 7.20. The highest BCUT2D eigenvalue weighted by atomic mass is 16.5. The molecule has 104 valence electrons. The van der Waals surface area contributed by atoms with E-state index in [2.05, 4.69) is 6.92 Å². The van der Waals surface area contributed by atoms with Crippen LogP contribution in [0, 0.1) is 11.3 Å². The Morgan fingerprint density at radius 1 is 1.44 bits per heavy atom. The Labute approximate surface area is 110 Å². The maximum Gasteiger partial charge on any atom is 0.232 e. The summed E-state index contributed by atoms with van der Waals surface area (Å²) >= 11 is 0. The van der Waals surface area contributed by atoms with Crippen molar-refractivity contribution in [3.8, 4) is 0 Å². The third kappa shape index (κ3) is 2.54. The minimum absolute atomic E-state index is 0.157.